The van der Waals surface area contributed by atoms with Gasteiger partial charge in [0.1, 0.15) is 5.01 Å². The average molecular weight is 254 g/mol. The van der Waals surface area contributed by atoms with Crippen LogP contribution in [0.4, 0.5) is 0 Å². The van der Waals surface area contributed by atoms with Gasteiger partial charge in [0.05, 0.1) is 18.5 Å². The molecule has 0 aliphatic carbocycles. The number of likely N-dealkylation sites (tertiary alicyclic amines) is 1. The van der Waals surface area contributed by atoms with Crippen LogP contribution in [0.15, 0.2) is 5.38 Å². The fourth-order valence-corrected chi connectivity index (χ4v) is 2.66. The summed E-state index contributed by atoms with van der Waals surface area (Å²) in [6.45, 7) is 1.68. The van der Waals surface area contributed by atoms with Crippen molar-refractivity contribution in [3.05, 3.63) is 16.1 Å². The van der Waals surface area contributed by atoms with E-state index in [1.807, 2.05) is 4.90 Å². The second-order valence-corrected chi connectivity index (χ2v) is 5.01. The van der Waals surface area contributed by atoms with E-state index in [9.17, 15) is 9.59 Å². The van der Waals surface area contributed by atoms with Crippen LogP contribution in [0, 0.1) is 0 Å². The molecule has 5 nitrogen and oxygen atoms in total. The van der Waals surface area contributed by atoms with Crippen molar-refractivity contribution in [1.29, 1.82) is 0 Å². The van der Waals surface area contributed by atoms with Gasteiger partial charge in [-0.15, -0.1) is 11.3 Å². The Labute approximate surface area is 103 Å². The number of carbonyl (C=O) groups excluding carboxylic acids is 1. The summed E-state index contributed by atoms with van der Waals surface area (Å²) in [5.41, 5.74) is 0.534. The Morgan fingerprint density at radius 3 is 2.71 bits per heavy atom. The molecular weight excluding hydrogens is 240 g/mol. The van der Waals surface area contributed by atoms with Crippen molar-refractivity contribution in [3.63, 3.8) is 0 Å². The van der Waals surface area contributed by atoms with E-state index >= 15 is 0 Å². The molecule has 17 heavy (non-hydrogen) atoms. The molecule has 1 amide bonds. The highest BCUT2D eigenvalue weighted by molar-refractivity contribution is 7.09. The lowest BCUT2D eigenvalue weighted by Crippen LogP contribution is -2.29. The van der Waals surface area contributed by atoms with E-state index in [1.165, 1.54) is 11.3 Å². The van der Waals surface area contributed by atoms with Crippen LogP contribution >= 0.6 is 11.3 Å². The van der Waals surface area contributed by atoms with Crippen LogP contribution < -0.4 is 0 Å². The second-order valence-electron chi connectivity index (χ2n) is 4.07. The molecule has 0 saturated carbocycles. The molecule has 2 heterocycles. The van der Waals surface area contributed by atoms with Crippen molar-refractivity contribution in [2.45, 2.75) is 25.7 Å². The summed E-state index contributed by atoms with van der Waals surface area (Å²) >= 11 is 1.36. The Kier molecular flexibility index (Phi) is 3.73. The molecule has 1 aliphatic heterocycles. The summed E-state index contributed by atoms with van der Waals surface area (Å²) in [5, 5.41) is 11.0. The van der Waals surface area contributed by atoms with Crippen molar-refractivity contribution < 1.29 is 14.7 Å². The molecule has 1 saturated heterocycles. The molecule has 6 heteroatoms. The van der Waals surface area contributed by atoms with E-state index in [0.717, 1.165) is 25.9 Å². The third-order valence-corrected chi connectivity index (χ3v) is 3.59. The molecule has 0 atom stereocenters. The fraction of sp³-hybridized carbons (Fsp3) is 0.545. The Morgan fingerprint density at radius 1 is 1.35 bits per heavy atom. The van der Waals surface area contributed by atoms with Gasteiger partial charge in [-0.25, -0.2) is 4.98 Å². The van der Waals surface area contributed by atoms with Gasteiger partial charge in [0.25, 0.3) is 0 Å². The minimum atomic E-state index is -0.896. The summed E-state index contributed by atoms with van der Waals surface area (Å²) < 4.78 is 0. The summed E-state index contributed by atoms with van der Waals surface area (Å²) in [7, 11) is 0. The number of carboxylic acids is 1. The summed E-state index contributed by atoms with van der Waals surface area (Å²) in [6.07, 6.45) is 2.38. The maximum Gasteiger partial charge on any atom is 0.309 e. The first-order chi connectivity index (χ1) is 8.15. The first kappa shape index (κ1) is 12.0. The van der Waals surface area contributed by atoms with Crippen molar-refractivity contribution in [2.75, 3.05) is 13.1 Å². The smallest absolute Gasteiger partial charge is 0.309 e. The Bertz CT molecular complexity index is 424. The van der Waals surface area contributed by atoms with Gasteiger partial charge in [-0.1, -0.05) is 0 Å². The van der Waals surface area contributed by atoms with Crippen LogP contribution in [-0.2, 0) is 22.4 Å². The SMILES string of the molecule is O=C(O)Cc1csc(CC(=O)N2CCCC2)n1. The van der Waals surface area contributed by atoms with Gasteiger partial charge in [-0.05, 0) is 12.8 Å². The number of hydrogen-bond donors (Lipinski definition) is 1. The van der Waals surface area contributed by atoms with Gasteiger partial charge >= 0.3 is 5.97 Å². The van der Waals surface area contributed by atoms with Gasteiger partial charge in [0.15, 0.2) is 0 Å². The lowest BCUT2D eigenvalue weighted by Gasteiger charge is -2.13. The molecule has 0 aromatic carbocycles. The zero-order valence-corrected chi connectivity index (χ0v) is 10.2. The van der Waals surface area contributed by atoms with Gasteiger partial charge in [-0.3, -0.25) is 9.59 Å². The summed E-state index contributed by atoms with van der Waals surface area (Å²) in [4.78, 5) is 28.3. The van der Waals surface area contributed by atoms with Crippen LogP contribution in [-0.4, -0.2) is 40.0 Å². The standard InChI is InChI=1S/C11H14N2O3S/c14-10(13-3-1-2-4-13)6-9-12-8(7-17-9)5-11(15)16/h7H,1-6H2,(H,15,16). The zero-order chi connectivity index (χ0) is 12.3. The van der Waals surface area contributed by atoms with Crippen LogP contribution in [0.1, 0.15) is 23.5 Å². The zero-order valence-electron chi connectivity index (χ0n) is 9.39. The first-order valence-corrected chi connectivity index (χ1v) is 6.46. The normalized spacial score (nSPS) is 15.2. The topological polar surface area (TPSA) is 70.5 Å². The minimum absolute atomic E-state index is 0.0750. The van der Waals surface area contributed by atoms with E-state index in [0.29, 0.717) is 17.1 Å². The Balaban J connectivity index is 1.91. The first-order valence-electron chi connectivity index (χ1n) is 5.58. The second kappa shape index (κ2) is 5.27. The molecule has 0 bridgehead atoms. The number of carbonyl (C=O) groups is 2. The number of nitrogens with zero attached hydrogens (tertiary/aromatic N) is 2. The number of carboxylic acid groups (broad SMARTS) is 1. The number of aromatic nitrogens is 1. The fourth-order valence-electron chi connectivity index (χ4n) is 1.87. The van der Waals surface area contributed by atoms with Gasteiger partial charge in [0, 0.05) is 18.5 Å². The van der Waals surface area contributed by atoms with Crippen molar-refractivity contribution in [2.24, 2.45) is 0 Å². The van der Waals surface area contributed by atoms with E-state index in [-0.39, 0.29) is 12.3 Å². The van der Waals surface area contributed by atoms with E-state index < -0.39 is 5.97 Å². The number of hydrogen-bond acceptors (Lipinski definition) is 4. The minimum Gasteiger partial charge on any atom is -0.481 e. The highest BCUT2D eigenvalue weighted by atomic mass is 32.1. The number of aliphatic carboxylic acids is 1. The molecule has 1 aliphatic rings. The maximum atomic E-state index is 11.8. The molecule has 1 aromatic rings. The maximum absolute atomic E-state index is 11.8. The molecule has 92 valence electrons. The number of amides is 1. The lowest BCUT2D eigenvalue weighted by atomic mass is 10.3. The lowest BCUT2D eigenvalue weighted by molar-refractivity contribution is -0.136. The molecular formula is C11H14N2O3S. The highest BCUT2D eigenvalue weighted by Crippen LogP contribution is 2.14. The van der Waals surface area contributed by atoms with E-state index in [4.69, 9.17) is 5.11 Å². The third kappa shape index (κ3) is 3.26. The number of rotatable bonds is 4. The van der Waals surface area contributed by atoms with Crippen LogP contribution in [0.3, 0.4) is 0 Å². The molecule has 1 aromatic heterocycles. The monoisotopic (exact) mass is 254 g/mol. The van der Waals surface area contributed by atoms with Gasteiger partial charge in [0.2, 0.25) is 5.91 Å². The quantitative estimate of drug-likeness (QED) is 0.868. The molecule has 0 spiro atoms. The molecule has 0 radical (unpaired) electrons. The predicted molar refractivity (Wildman–Crippen MR) is 63.0 cm³/mol. The van der Waals surface area contributed by atoms with Gasteiger partial charge in [-0.2, -0.15) is 0 Å². The molecule has 1 fully saturated rings. The van der Waals surface area contributed by atoms with Crippen LogP contribution in [0.25, 0.3) is 0 Å². The average Bonchev–Trinajstić information content (AvgIpc) is 2.87. The highest BCUT2D eigenvalue weighted by Gasteiger charge is 2.19. The molecule has 2 rings (SSSR count). The third-order valence-electron chi connectivity index (χ3n) is 2.69. The van der Waals surface area contributed by atoms with E-state index in [2.05, 4.69) is 4.98 Å². The van der Waals surface area contributed by atoms with Crippen LogP contribution in [0.2, 0.25) is 0 Å². The summed E-state index contributed by atoms with van der Waals surface area (Å²) in [5.74, 6) is -0.800. The summed E-state index contributed by atoms with van der Waals surface area (Å²) in [6, 6.07) is 0. The number of thiazole rings is 1. The van der Waals surface area contributed by atoms with Crippen molar-refractivity contribution in [3.8, 4) is 0 Å². The Morgan fingerprint density at radius 2 is 2.06 bits per heavy atom. The van der Waals surface area contributed by atoms with Crippen molar-refractivity contribution in [1.82, 2.24) is 9.88 Å². The van der Waals surface area contributed by atoms with Gasteiger partial charge < -0.3 is 10.0 Å². The van der Waals surface area contributed by atoms with E-state index in [1.54, 1.807) is 5.38 Å². The van der Waals surface area contributed by atoms with Crippen LogP contribution in [0.5, 0.6) is 0 Å². The largest absolute Gasteiger partial charge is 0.481 e. The Hall–Kier alpha value is -1.43. The molecule has 1 N–H and O–H groups in total. The van der Waals surface area contributed by atoms with Crippen molar-refractivity contribution >= 4 is 23.2 Å². The molecule has 0 unspecified atom stereocenters. The predicted octanol–water partition coefficient (Wildman–Crippen LogP) is 0.935.